The molecule has 2 N–H and O–H groups in total. The lowest BCUT2D eigenvalue weighted by Crippen LogP contribution is -2.30. The van der Waals surface area contributed by atoms with Crippen molar-refractivity contribution < 1.29 is 19.7 Å². The molecule has 0 saturated heterocycles. The first-order valence-electron chi connectivity index (χ1n) is 5.87. The zero-order valence-corrected chi connectivity index (χ0v) is 11.0. The van der Waals surface area contributed by atoms with Crippen molar-refractivity contribution in [3.63, 3.8) is 0 Å². The molecule has 0 aliphatic rings. The van der Waals surface area contributed by atoms with Crippen LogP contribution in [0, 0.1) is 0 Å². The smallest absolute Gasteiger partial charge is 0.331 e. The third-order valence-electron chi connectivity index (χ3n) is 2.79. The SMILES string of the molecule is COc1cccc(-c2nnnn2C(C(=O)O)C(C)O)c1. The molecule has 0 amide bonds. The van der Waals surface area contributed by atoms with E-state index in [0.29, 0.717) is 11.3 Å². The Morgan fingerprint density at radius 1 is 1.45 bits per heavy atom. The molecular weight excluding hydrogens is 264 g/mol. The summed E-state index contributed by atoms with van der Waals surface area (Å²) in [6.45, 7) is 1.37. The highest BCUT2D eigenvalue weighted by atomic mass is 16.5. The van der Waals surface area contributed by atoms with Crippen molar-refractivity contribution in [1.82, 2.24) is 20.2 Å². The normalized spacial score (nSPS) is 13.8. The van der Waals surface area contributed by atoms with Gasteiger partial charge < -0.3 is 14.9 Å². The van der Waals surface area contributed by atoms with E-state index >= 15 is 0 Å². The van der Waals surface area contributed by atoms with Crippen LogP contribution >= 0.6 is 0 Å². The van der Waals surface area contributed by atoms with Gasteiger partial charge in [-0.2, -0.15) is 0 Å². The molecule has 0 spiro atoms. The third-order valence-corrected chi connectivity index (χ3v) is 2.79. The molecule has 1 aromatic heterocycles. The maximum atomic E-state index is 11.2. The molecule has 0 fully saturated rings. The maximum Gasteiger partial charge on any atom is 0.331 e. The van der Waals surface area contributed by atoms with E-state index in [1.165, 1.54) is 14.0 Å². The number of rotatable bonds is 5. The van der Waals surface area contributed by atoms with Gasteiger partial charge in [-0.05, 0) is 29.5 Å². The van der Waals surface area contributed by atoms with E-state index in [4.69, 9.17) is 4.74 Å². The van der Waals surface area contributed by atoms with Crippen LogP contribution in [0.4, 0.5) is 0 Å². The Morgan fingerprint density at radius 2 is 2.20 bits per heavy atom. The molecule has 0 bridgehead atoms. The Balaban J connectivity index is 2.49. The fraction of sp³-hybridized carbons (Fsp3) is 0.333. The van der Waals surface area contributed by atoms with Crippen molar-refractivity contribution >= 4 is 5.97 Å². The lowest BCUT2D eigenvalue weighted by Gasteiger charge is -2.16. The molecule has 0 saturated carbocycles. The average molecular weight is 278 g/mol. The number of aliphatic carboxylic acids is 1. The lowest BCUT2D eigenvalue weighted by atomic mass is 10.1. The summed E-state index contributed by atoms with van der Waals surface area (Å²) in [4.78, 5) is 11.2. The molecule has 0 aliphatic carbocycles. The molecule has 106 valence electrons. The van der Waals surface area contributed by atoms with Crippen molar-refractivity contribution in [2.24, 2.45) is 0 Å². The summed E-state index contributed by atoms with van der Waals surface area (Å²) < 4.78 is 6.19. The summed E-state index contributed by atoms with van der Waals surface area (Å²) in [6.07, 6.45) is -1.14. The van der Waals surface area contributed by atoms with Crippen LogP contribution in [0.2, 0.25) is 0 Å². The summed E-state index contributed by atoms with van der Waals surface area (Å²) in [5.41, 5.74) is 0.598. The van der Waals surface area contributed by atoms with Crippen LogP contribution in [0.1, 0.15) is 13.0 Å². The zero-order chi connectivity index (χ0) is 14.7. The summed E-state index contributed by atoms with van der Waals surface area (Å²) in [7, 11) is 1.53. The molecule has 0 aliphatic heterocycles. The third kappa shape index (κ3) is 2.59. The second-order valence-electron chi connectivity index (χ2n) is 4.20. The predicted molar refractivity (Wildman–Crippen MR) is 68.2 cm³/mol. The van der Waals surface area contributed by atoms with Crippen molar-refractivity contribution in [1.29, 1.82) is 0 Å². The summed E-state index contributed by atoms with van der Waals surface area (Å²) >= 11 is 0. The lowest BCUT2D eigenvalue weighted by molar-refractivity contribution is -0.144. The molecule has 2 rings (SSSR count). The first kappa shape index (κ1) is 13.9. The number of nitrogens with zero attached hydrogens (tertiary/aromatic N) is 4. The van der Waals surface area contributed by atoms with E-state index in [-0.39, 0.29) is 5.82 Å². The van der Waals surface area contributed by atoms with Gasteiger partial charge in [0.2, 0.25) is 0 Å². The van der Waals surface area contributed by atoms with Crippen molar-refractivity contribution in [3.05, 3.63) is 24.3 Å². The Bertz CT molecular complexity index is 611. The number of aromatic nitrogens is 4. The second-order valence-corrected chi connectivity index (χ2v) is 4.20. The van der Waals surface area contributed by atoms with Crippen molar-refractivity contribution in [2.75, 3.05) is 7.11 Å². The fourth-order valence-corrected chi connectivity index (χ4v) is 1.85. The minimum Gasteiger partial charge on any atom is -0.497 e. The number of carboxylic acid groups (broad SMARTS) is 1. The van der Waals surface area contributed by atoms with Crippen LogP contribution < -0.4 is 4.74 Å². The van der Waals surface area contributed by atoms with Gasteiger partial charge in [0.1, 0.15) is 5.75 Å². The average Bonchev–Trinajstić information content (AvgIpc) is 2.87. The van der Waals surface area contributed by atoms with E-state index in [1.54, 1.807) is 24.3 Å². The van der Waals surface area contributed by atoms with Crippen LogP contribution in [0.5, 0.6) is 5.75 Å². The van der Waals surface area contributed by atoms with Crippen molar-refractivity contribution in [3.8, 4) is 17.1 Å². The number of carbonyl (C=O) groups is 1. The number of aliphatic hydroxyl groups is 1. The maximum absolute atomic E-state index is 11.2. The Kier molecular flexibility index (Phi) is 3.94. The van der Waals surface area contributed by atoms with Gasteiger partial charge in [0, 0.05) is 5.56 Å². The van der Waals surface area contributed by atoms with Crippen molar-refractivity contribution in [2.45, 2.75) is 19.1 Å². The van der Waals surface area contributed by atoms with Crippen LogP contribution in [0.15, 0.2) is 24.3 Å². The van der Waals surface area contributed by atoms with Crippen LogP contribution in [-0.2, 0) is 4.79 Å². The van der Waals surface area contributed by atoms with Crippen LogP contribution in [0.3, 0.4) is 0 Å². The number of hydrogen-bond acceptors (Lipinski definition) is 6. The van der Waals surface area contributed by atoms with Gasteiger partial charge >= 0.3 is 5.97 Å². The minimum absolute atomic E-state index is 0.247. The van der Waals surface area contributed by atoms with E-state index < -0.39 is 18.1 Å². The van der Waals surface area contributed by atoms with E-state index in [0.717, 1.165) is 4.68 Å². The van der Waals surface area contributed by atoms with Crippen LogP contribution in [-0.4, -0.2) is 49.6 Å². The molecular formula is C12H14N4O4. The van der Waals surface area contributed by atoms with E-state index in [9.17, 15) is 15.0 Å². The molecule has 2 atom stereocenters. The molecule has 2 aromatic rings. The van der Waals surface area contributed by atoms with E-state index in [2.05, 4.69) is 15.5 Å². The van der Waals surface area contributed by atoms with Gasteiger partial charge in [-0.3, -0.25) is 0 Å². The molecule has 0 radical (unpaired) electrons. The quantitative estimate of drug-likeness (QED) is 0.812. The Morgan fingerprint density at radius 3 is 2.80 bits per heavy atom. The number of hydrogen-bond donors (Lipinski definition) is 2. The monoisotopic (exact) mass is 278 g/mol. The summed E-state index contributed by atoms with van der Waals surface area (Å²) in [5, 5.41) is 29.8. The highest BCUT2D eigenvalue weighted by Crippen LogP contribution is 2.24. The van der Waals surface area contributed by atoms with Gasteiger partial charge in [0.15, 0.2) is 11.9 Å². The molecule has 2 unspecified atom stereocenters. The molecule has 1 heterocycles. The standard InChI is InChI=1S/C12H14N4O4/c1-7(17)10(12(18)19)16-11(13-14-15-16)8-4-3-5-9(6-8)20-2/h3-7,10,17H,1-2H3,(H,18,19). The van der Waals surface area contributed by atoms with Gasteiger partial charge in [0.25, 0.3) is 0 Å². The fourth-order valence-electron chi connectivity index (χ4n) is 1.85. The number of ether oxygens (including phenoxy) is 1. The number of carboxylic acids is 1. The predicted octanol–water partition coefficient (Wildman–Crippen LogP) is 0.355. The number of benzene rings is 1. The number of tetrazole rings is 1. The minimum atomic E-state index is -1.26. The topological polar surface area (TPSA) is 110 Å². The Labute approximate surface area is 114 Å². The first-order valence-corrected chi connectivity index (χ1v) is 5.87. The first-order chi connectivity index (χ1) is 9.54. The summed E-state index contributed by atoms with van der Waals surface area (Å²) in [6, 6.07) is 5.65. The largest absolute Gasteiger partial charge is 0.497 e. The van der Waals surface area contributed by atoms with Gasteiger partial charge in [-0.15, -0.1) is 5.10 Å². The highest BCUT2D eigenvalue weighted by Gasteiger charge is 2.29. The molecule has 8 nitrogen and oxygen atoms in total. The zero-order valence-electron chi connectivity index (χ0n) is 11.0. The highest BCUT2D eigenvalue weighted by molar-refractivity contribution is 5.73. The molecule has 20 heavy (non-hydrogen) atoms. The summed E-state index contributed by atoms with van der Waals surface area (Å²) in [5.74, 6) is -0.366. The molecule has 8 heteroatoms. The number of aliphatic hydroxyl groups excluding tert-OH is 1. The number of methoxy groups -OCH3 is 1. The van der Waals surface area contributed by atoms with E-state index in [1.807, 2.05) is 0 Å². The second kappa shape index (κ2) is 5.66. The van der Waals surface area contributed by atoms with Gasteiger partial charge in [0.05, 0.1) is 13.2 Å². The molecule has 1 aromatic carbocycles. The van der Waals surface area contributed by atoms with Gasteiger partial charge in [-0.25, -0.2) is 9.48 Å². The van der Waals surface area contributed by atoms with Crippen LogP contribution in [0.25, 0.3) is 11.4 Å². The van der Waals surface area contributed by atoms with Gasteiger partial charge in [-0.1, -0.05) is 12.1 Å². The Hall–Kier alpha value is -2.48.